The van der Waals surface area contributed by atoms with Crippen molar-refractivity contribution in [1.29, 1.82) is 0 Å². The molecule has 0 amide bonds. The average Bonchev–Trinajstić information content (AvgIpc) is 2.19. The van der Waals surface area contributed by atoms with Gasteiger partial charge in [0.1, 0.15) is 12.4 Å². The second-order valence-electron chi connectivity index (χ2n) is 2.76. The molecule has 0 bridgehead atoms. The average molecular weight is 200 g/mol. The lowest BCUT2D eigenvalue weighted by molar-refractivity contribution is -0.120. The molecule has 0 saturated heterocycles. The highest BCUT2D eigenvalue weighted by Gasteiger charge is 2.04. The number of ether oxygens (including phenoxy) is 1. The first-order valence-electron chi connectivity index (χ1n) is 4.23. The Balaban J connectivity index is 2.60. The number of carbonyl (C=O) groups is 1. The van der Waals surface area contributed by atoms with E-state index in [1.807, 2.05) is 0 Å². The lowest BCUT2D eigenvalue weighted by Gasteiger charge is -2.04. The fourth-order valence-electron chi connectivity index (χ4n) is 0.833. The highest BCUT2D eigenvalue weighted by molar-refractivity contribution is 5.79. The standard InChI is InChI=1S/C10H10F2O2/c1-2-7(13)6-14-8-3-4-9(11)10(12)5-8/h3-5H,2,6H2,1H3. The lowest BCUT2D eigenvalue weighted by Crippen LogP contribution is -2.09. The van der Waals surface area contributed by atoms with Gasteiger partial charge in [0.2, 0.25) is 0 Å². The molecule has 0 saturated carbocycles. The van der Waals surface area contributed by atoms with Crippen LogP contribution in [-0.4, -0.2) is 12.4 Å². The second kappa shape index (κ2) is 4.69. The summed E-state index contributed by atoms with van der Waals surface area (Å²) in [5.41, 5.74) is 0. The maximum Gasteiger partial charge on any atom is 0.169 e. The van der Waals surface area contributed by atoms with Crippen LogP contribution in [-0.2, 0) is 4.79 Å². The summed E-state index contributed by atoms with van der Waals surface area (Å²) < 4.78 is 30.1. The Morgan fingerprint density at radius 2 is 2.07 bits per heavy atom. The summed E-state index contributed by atoms with van der Waals surface area (Å²) in [6.45, 7) is 1.60. The third kappa shape index (κ3) is 2.80. The van der Waals surface area contributed by atoms with E-state index in [0.717, 1.165) is 12.1 Å². The van der Waals surface area contributed by atoms with Crippen LogP contribution in [0.15, 0.2) is 18.2 Å². The molecule has 1 rings (SSSR count). The molecular formula is C10H10F2O2. The Kier molecular flexibility index (Phi) is 3.56. The van der Waals surface area contributed by atoms with Gasteiger partial charge in [-0.05, 0) is 12.1 Å². The molecule has 0 fully saturated rings. The van der Waals surface area contributed by atoms with E-state index in [4.69, 9.17) is 4.74 Å². The van der Waals surface area contributed by atoms with E-state index in [-0.39, 0.29) is 18.1 Å². The molecule has 0 heterocycles. The molecule has 0 radical (unpaired) electrons. The van der Waals surface area contributed by atoms with Gasteiger partial charge in [-0.2, -0.15) is 0 Å². The third-order valence-electron chi connectivity index (χ3n) is 1.69. The van der Waals surface area contributed by atoms with Crippen LogP contribution in [0.1, 0.15) is 13.3 Å². The van der Waals surface area contributed by atoms with Crippen molar-refractivity contribution in [1.82, 2.24) is 0 Å². The molecule has 4 heteroatoms. The predicted octanol–water partition coefficient (Wildman–Crippen LogP) is 2.32. The zero-order valence-corrected chi connectivity index (χ0v) is 7.72. The Morgan fingerprint density at radius 3 is 2.64 bits per heavy atom. The Hall–Kier alpha value is -1.45. The van der Waals surface area contributed by atoms with E-state index in [0.29, 0.717) is 6.42 Å². The highest BCUT2D eigenvalue weighted by atomic mass is 19.2. The van der Waals surface area contributed by atoms with Crippen molar-refractivity contribution in [3.8, 4) is 5.75 Å². The van der Waals surface area contributed by atoms with Crippen molar-refractivity contribution in [2.75, 3.05) is 6.61 Å². The monoisotopic (exact) mass is 200 g/mol. The third-order valence-corrected chi connectivity index (χ3v) is 1.69. The zero-order valence-electron chi connectivity index (χ0n) is 7.72. The van der Waals surface area contributed by atoms with Crippen molar-refractivity contribution in [2.24, 2.45) is 0 Å². The minimum absolute atomic E-state index is 0.0882. The van der Waals surface area contributed by atoms with Gasteiger partial charge >= 0.3 is 0 Å². The molecule has 0 aromatic heterocycles. The van der Waals surface area contributed by atoms with Crippen LogP contribution in [0.5, 0.6) is 5.75 Å². The fourth-order valence-corrected chi connectivity index (χ4v) is 0.833. The topological polar surface area (TPSA) is 26.3 Å². The van der Waals surface area contributed by atoms with Crippen LogP contribution >= 0.6 is 0 Å². The van der Waals surface area contributed by atoms with Gasteiger partial charge in [-0.15, -0.1) is 0 Å². The molecule has 1 aromatic carbocycles. The van der Waals surface area contributed by atoms with Crippen molar-refractivity contribution < 1.29 is 18.3 Å². The number of halogens is 2. The van der Waals surface area contributed by atoms with Gasteiger partial charge in [-0.1, -0.05) is 6.92 Å². The zero-order chi connectivity index (χ0) is 10.6. The van der Waals surface area contributed by atoms with Crippen molar-refractivity contribution in [2.45, 2.75) is 13.3 Å². The number of benzene rings is 1. The molecule has 0 atom stereocenters. The number of ketones is 1. The smallest absolute Gasteiger partial charge is 0.169 e. The van der Waals surface area contributed by atoms with Crippen LogP contribution in [0.3, 0.4) is 0 Å². The maximum absolute atomic E-state index is 12.6. The molecule has 2 nitrogen and oxygen atoms in total. The van der Waals surface area contributed by atoms with E-state index in [2.05, 4.69) is 0 Å². The van der Waals surface area contributed by atoms with Gasteiger partial charge in [0.15, 0.2) is 17.4 Å². The summed E-state index contributed by atoms with van der Waals surface area (Å²) >= 11 is 0. The molecule has 1 aromatic rings. The molecule has 0 aliphatic rings. The van der Waals surface area contributed by atoms with Gasteiger partial charge in [0.25, 0.3) is 0 Å². The second-order valence-corrected chi connectivity index (χ2v) is 2.76. The number of rotatable bonds is 4. The van der Waals surface area contributed by atoms with E-state index >= 15 is 0 Å². The van der Waals surface area contributed by atoms with Gasteiger partial charge in [-0.3, -0.25) is 4.79 Å². The van der Waals surface area contributed by atoms with Crippen molar-refractivity contribution in [3.63, 3.8) is 0 Å². The number of hydrogen-bond acceptors (Lipinski definition) is 2. The molecule has 0 aliphatic carbocycles. The summed E-state index contributed by atoms with van der Waals surface area (Å²) in [7, 11) is 0. The van der Waals surface area contributed by atoms with E-state index < -0.39 is 11.6 Å². The largest absolute Gasteiger partial charge is 0.486 e. The Morgan fingerprint density at radius 1 is 1.36 bits per heavy atom. The van der Waals surface area contributed by atoms with E-state index in [9.17, 15) is 13.6 Å². The Labute approximate surface area is 80.5 Å². The summed E-state index contributed by atoms with van der Waals surface area (Å²) in [6.07, 6.45) is 0.365. The molecule has 14 heavy (non-hydrogen) atoms. The summed E-state index contributed by atoms with van der Waals surface area (Å²) in [5, 5.41) is 0. The first-order chi connectivity index (χ1) is 6.63. The van der Waals surface area contributed by atoms with Crippen LogP contribution in [0.4, 0.5) is 8.78 Å². The van der Waals surface area contributed by atoms with E-state index in [1.54, 1.807) is 6.92 Å². The molecular weight excluding hydrogens is 190 g/mol. The Bertz CT molecular complexity index is 337. The molecule has 0 aliphatic heterocycles. The minimum Gasteiger partial charge on any atom is -0.486 e. The molecule has 0 N–H and O–H groups in total. The quantitative estimate of drug-likeness (QED) is 0.745. The van der Waals surface area contributed by atoms with Gasteiger partial charge in [0.05, 0.1) is 0 Å². The van der Waals surface area contributed by atoms with Crippen LogP contribution in [0.25, 0.3) is 0 Å². The van der Waals surface area contributed by atoms with Crippen molar-refractivity contribution >= 4 is 5.78 Å². The first-order valence-corrected chi connectivity index (χ1v) is 4.23. The lowest BCUT2D eigenvalue weighted by atomic mass is 10.3. The van der Waals surface area contributed by atoms with Gasteiger partial charge in [-0.25, -0.2) is 8.78 Å². The van der Waals surface area contributed by atoms with Gasteiger partial charge in [0, 0.05) is 12.5 Å². The SMILES string of the molecule is CCC(=O)COc1ccc(F)c(F)c1. The number of Topliss-reactive ketones (excluding diaryl/α,β-unsaturated/α-hetero) is 1. The van der Waals surface area contributed by atoms with Crippen molar-refractivity contribution in [3.05, 3.63) is 29.8 Å². The van der Waals surface area contributed by atoms with Gasteiger partial charge < -0.3 is 4.74 Å². The molecule has 0 spiro atoms. The maximum atomic E-state index is 12.6. The molecule has 76 valence electrons. The molecule has 0 unspecified atom stereocenters. The minimum atomic E-state index is -0.980. The summed E-state index contributed by atoms with van der Waals surface area (Å²) in [5.74, 6) is -1.84. The van der Waals surface area contributed by atoms with Crippen LogP contribution in [0.2, 0.25) is 0 Å². The fraction of sp³-hybridized carbons (Fsp3) is 0.300. The first kappa shape index (κ1) is 10.6. The normalized spacial score (nSPS) is 9.93. The predicted molar refractivity (Wildman–Crippen MR) is 47.2 cm³/mol. The highest BCUT2D eigenvalue weighted by Crippen LogP contribution is 2.15. The number of hydrogen-bond donors (Lipinski definition) is 0. The summed E-state index contributed by atoms with van der Waals surface area (Å²) in [4.78, 5) is 10.8. The van der Waals surface area contributed by atoms with E-state index in [1.165, 1.54) is 6.07 Å². The number of carbonyl (C=O) groups excluding carboxylic acids is 1. The van der Waals surface area contributed by atoms with Crippen LogP contribution in [0, 0.1) is 11.6 Å². The van der Waals surface area contributed by atoms with Crippen LogP contribution < -0.4 is 4.74 Å². The summed E-state index contributed by atoms with van der Waals surface area (Å²) in [6, 6.07) is 3.15.